The predicted octanol–water partition coefficient (Wildman–Crippen LogP) is 6.11. The van der Waals surface area contributed by atoms with Gasteiger partial charge >= 0.3 is 0 Å². The number of phenols is 1. The van der Waals surface area contributed by atoms with Crippen molar-refractivity contribution in [3.05, 3.63) is 76.4 Å². The molecule has 0 atom stereocenters. The van der Waals surface area contributed by atoms with E-state index in [0.29, 0.717) is 11.7 Å². The van der Waals surface area contributed by atoms with Crippen molar-refractivity contribution in [2.45, 2.75) is 47.0 Å². The van der Waals surface area contributed by atoms with Crippen molar-refractivity contribution in [1.82, 2.24) is 0 Å². The summed E-state index contributed by atoms with van der Waals surface area (Å²) in [7, 11) is 0. The molecule has 1 aliphatic carbocycles. The second-order valence-electron chi connectivity index (χ2n) is 8.02. The lowest BCUT2D eigenvalue weighted by Gasteiger charge is -2.27. The molecular formula is C25H29NO2. The van der Waals surface area contributed by atoms with Crippen molar-refractivity contribution in [1.29, 1.82) is 0 Å². The first-order valence-corrected chi connectivity index (χ1v) is 9.95. The lowest BCUT2D eigenvalue weighted by atomic mass is 9.78. The van der Waals surface area contributed by atoms with Crippen LogP contribution in [0.15, 0.2) is 65.3 Å². The fourth-order valence-corrected chi connectivity index (χ4v) is 4.04. The zero-order valence-corrected chi connectivity index (χ0v) is 17.2. The molecule has 1 amide bonds. The molecule has 0 fully saturated rings. The number of nitrogens with one attached hydrogen (secondary N) is 1. The van der Waals surface area contributed by atoms with E-state index in [-0.39, 0.29) is 5.91 Å². The minimum atomic E-state index is -0.0572. The molecule has 0 unspecified atom stereocenters. The van der Waals surface area contributed by atoms with E-state index in [0.717, 1.165) is 47.2 Å². The SMILES string of the molecule is C/C(CC(C)C)=C1/C(=C(\C)C(=O)Nc2ccccc2)CCc2cc(O)ccc21. The quantitative estimate of drug-likeness (QED) is 0.633. The van der Waals surface area contributed by atoms with E-state index in [4.69, 9.17) is 0 Å². The number of carbonyl (C=O) groups is 1. The summed E-state index contributed by atoms with van der Waals surface area (Å²) in [5, 5.41) is 12.9. The van der Waals surface area contributed by atoms with Crippen LogP contribution in [0.1, 0.15) is 51.7 Å². The van der Waals surface area contributed by atoms with E-state index >= 15 is 0 Å². The van der Waals surface area contributed by atoms with Gasteiger partial charge in [-0.25, -0.2) is 0 Å². The topological polar surface area (TPSA) is 49.3 Å². The highest BCUT2D eigenvalue weighted by Gasteiger charge is 2.25. The minimum absolute atomic E-state index is 0.0572. The Labute approximate surface area is 167 Å². The van der Waals surface area contributed by atoms with Crippen LogP contribution in [0, 0.1) is 5.92 Å². The Balaban J connectivity index is 2.06. The van der Waals surface area contributed by atoms with Gasteiger partial charge in [0.25, 0.3) is 5.91 Å². The number of benzene rings is 2. The van der Waals surface area contributed by atoms with Gasteiger partial charge in [0.15, 0.2) is 0 Å². The summed E-state index contributed by atoms with van der Waals surface area (Å²) in [4.78, 5) is 12.9. The van der Waals surface area contributed by atoms with Crippen LogP contribution in [-0.4, -0.2) is 11.0 Å². The van der Waals surface area contributed by atoms with Crippen LogP contribution in [-0.2, 0) is 11.2 Å². The Morgan fingerprint density at radius 2 is 1.79 bits per heavy atom. The molecule has 0 bridgehead atoms. The van der Waals surface area contributed by atoms with Crippen LogP contribution in [0.5, 0.6) is 5.75 Å². The number of para-hydroxylation sites is 1. The number of allylic oxidation sites excluding steroid dienone is 3. The highest BCUT2D eigenvalue weighted by molar-refractivity contribution is 6.06. The smallest absolute Gasteiger partial charge is 0.251 e. The van der Waals surface area contributed by atoms with Crippen molar-refractivity contribution >= 4 is 17.2 Å². The zero-order valence-electron chi connectivity index (χ0n) is 17.2. The Kier molecular flexibility index (Phi) is 6.03. The molecule has 1 aliphatic rings. The summed E-state index contributed by atoms with van der Waals surface area (Å²) in [6.45, 7) is 8.51. The van der Waals surface area contributed by atoms with Gasteiger partial charge in [0, 0.05) is 11.3 Å². The lowest BCUT2D eigenvalue weighted by Crippen LogP contribution is -2.17. The Hall–Kier alpha value is -2.81. The average molecular weight is 376 g/mol. The monoisotopic (exact) mass is 375 g/mol. The van der Waals surface area contributed by atoms with Crippen LogP contribution >= 0.6 is 0 Å². The third-order valence-corrected chi connectivity index (χ3v) is 5.27. The molecule has 2 N–H and O–H groups in total. The third-order valence-electron chi connectivity index (χ3n) is 5.27. The van der Waals surface area contributed by atoms with Crippen molar-refractivity contribution in [3.8, 4) is 5.75 Å². The molecule has 0 saturated carbocycles. The van der Waals surface area contributed by atoms with Crippen LogP contribution in [0.4, 0.5) is 5.69 Å². The third kappa shape index (κ3) is 4.36. The number of aryl methyl sites for hydroxylation is 1. The molecular weight excluding hydrogens is 346 g/mol. The van der Waals surface area contributed by atoms with E-state index in [1.54, 1.807) is 6.07 Å². The first-order valence-electron chi connectivity index (χ1n) is 9.95. The molecule has 2 aromatic rings. The van der Waals surface area contributed by atoms with Crippen molar-refractivity contribution in [3.63, 3.8) is 0 Å². The molecule has 3 heteroatoms. The van der Waals surface area contributed by atoms with Crippen LogP contribution in [0.2, 0.25) is 0 Å². The van der Waals surface area contributed by atoms with E-state index < -0.39 is 0 Å². The van der Waals surface area contributed by atoms with Gasteiger partial charge in [0.05, 0.1) is 0 Å². The minimum Gasteiger partial charge on any atom is -0.508 e. The van der Waals surface area contributed by atoms with Crippen molar-refractivity contribution in [2.75, 3.05) is 5.32 Å². The average Bonchev–Trinajstić information content (AvgIpc) is 2.66. The van der Waals surface area contributed by atoms with E-state index in [2.05, 4.69) is 26.1 Å². The maximum absolute atomic E-state index is 12.9. The number of carbonyl (C=O) groups excluding carboxylic acids is 1. The fraction of sp³-hybridized carbons (Fsp3) is 0.320. The number of hydrogen-bond acceptors (Lipinski definition) is 2. The number of hydrogen-bond donors (Lipinski definition) is 2. The van der Waals surface area contributed by atoms with Crippen LogP contribution in [0.3, 0.4) is 0 Å². The fourth-order valence-electron chi connectivity index (χ4n) is 4.04. The Morgan fingerprint density at radius 1 is 1.07 bits per heavy atom. The maximum atomic E-state index is 12.9. The number of anilines is 1. The largest absolute Gasteiger partial charge is 0.508 e. The van der Waals surface area contributed by atoms with Gasteiger partial charge in [-0.2, -0.15) is 0 Å². The zero-order chi connectivity index (χ0) is 20.3. The number of aromatic hydroxyl groups is 1. The Bertz CT molecular complexity index is 936. The summed E-state index contributed by atoms with van der Waals surface area (Å²) in [5.74, 6) is 0.776. The molecule has 0 saturated heterocycles. The lowest BCUT2D eigenvalue weighted by molar-refractivity contribution is -0.112. The predicted molar refractivity (Wildman–Crippen MR) is 116 cm³/mol. The standard InChI is InChI=1S/C25H29NO2/c1-16(2)14-17(3)24-22(12-10-19-15-21(27)11-13-23(19)24)18(4)25(28)26-20-8-6-5-7-9-20/h5-9,11,13,15-16,27H,10,12,14H2,1-4H3,(H,26,28)/b22-18+,24-17+. The molecule has 2 aromatic carbocycles. The molecule has 28 heavy (non-hydrogen) atoms. The molecule has 0 radical (unpaired) electrons. The number of rotatable bonds is 4. The summed E-state index contributed by atoms with van der Waals surface area (Å²) in [5.41, 5.74) is 7.45. The van der Waals surface area contributed by atoms with Crippen molar-refractivity contribution < 1.29 is 9.90 Å². The van der Waals surface area contributed by atoms with Gasteiger partial charge in [-0.15, -0.1) is 0 Å². The van der Waals surface area contributed by atoms with Gasteiger partial charge in [-0.1, -0.05) is 43.7 Å². The van der Waals surface area contributed by atoms with Gasteiger partial charge in [-0.3, -0.25) is 4.79 Å². The molecule has 0 aliphatic heterocycles. The van der Waals surface area contributed by atoms with Crippen LogP contribution < -0.4 is 5.32 Å². The number of amides is 1. The molecule has 3 nitrogen and oxygen atoms in total. The molecule has 0 aromatic heterocycles. The number of phenolic OH excluding ortho intramolecular Hbond substituents is 1. The molecule has 0 spiro atoms. The molecule has 3 rings (SSSR count). The van der Waals surface area contributed by atoms with Gasteiger partial charge in [0.1, 0.15) is 5.75 Å². The summed E-state index contributed by atoms with van der Waals surface area (Å²) in [6.07, 6.45) is 2.61. The molecule has 146 valence electrons. The number of fused-ring (bicyclic) bond motifs is 1. The maximum Gasteiger partial charge on any atom is 0.251 e. The first-order chi connectivity index (χ1) is 13.4. The molecule has 0 heterocycles. The highest BCUT2D eigenvalue weighted by atomic mass is 16.3. The van der Waals surface area contributed by atoms with Crippen molar-refractivity contribution in [2.24, 2.45) is 5.92 Å². The van der Waals surface area contributed by atoms with Gasteiger partial charge in [-0.05, 0) is 85.6 Å². The van der Waals surface area contributed by atoms with E-state index in [9.17, 15) is 9.90 Å². The summed E-state index contributed by atoms with van der Waals surface area (Å²) >= 11 is 0. The van der Waals surface area contributed by atoms with E-state index in [1.807, 2.05) is 49.4 Å². The van der Waals surface area contributed by atoms with Gasteiger partial charge in [0.2, 0.25) is 0 Å². The summed E-state index contributed by atoms with van der Waals surface area (Å²) in [6, 6.07) is 15.2. The second kappa shape index (κ2) is 8.47. The second-order valence-corrected chi connectivity index (χ2v) is 8.02. The van der Waals surface area contributed by atoms with E-state index in [1.165, 1.54) is 11.1 Å². The Morgan fingerprint density at radius 3 is 2.46 bits per heavy atom. The van der Waals surface area contributed by atoms with Crippen LogP contribution in [0.25, 0.3) is 5.57 Å². The van der Waals surface area contributed by atoms with Gasteiger partial charge < -0.3 is 10.4 Å². The first kappa shape index (κ1) is 19.9. The summed E-state index contributed by atoms with van der Waals surface area (Å²) < 4.78 is 0. The highest BCUT2D eigenvalue weighted by Crippen LogP contribution is 2.41. The normalized spacial score (nSPS) is 17.2.